The average molecular weight is 506 g/mol. The van der Waals surface area contributed by atoms with E-state index in [-0.39, 0.29) is 22.5 Å². The molecule has 192 valence electrons. The van der Waals surface area contributed by atoms with Crippen LogP contribution in [0.2, 0.25) is 0 Å². The highest BCUT2D eigenvalue weighted by molar-refractivity contribution is 8.35. The topological polar surface area (TPSA) is 84.2 Å². The third kappa shape index (κ3) is 5.66. The largest absolute Gasteiger partial charge is 0.353 e. The SMILES string of the molecule is CC(C)[C@H](N)C(=O)N[C@@H](C)C(=O)NCC(C)(C)S(c1ccccc1)(c1ccccc1)c1ccccc1. The number of rotatable bonds is 10. The summed E-state index contributed by atoms with van der Waals surface area (Å²) in [5, 5.41) is 5.90. The van der Waals surface area contributed by atoms with Gasteiger partial charge < -0.3 is 16.4 Å². The van der Waals surface area contributed by atoms with Gasteiger partial charge in [0.15, 0.2) is 0 Å². The van der Waals surface area contributed by atoms with Gasteiger partial charge in [-0.25, -0.2) is 0 Å². The first kappa shape index (κ1) is 27.5. The second-order valence-electron chi connectivity index (χ2n) is 10.0. The van der Waals surface area contributed by atoms with E-state index >= 15 is 0 Å². The van der Waals surface area contributed by atoms with E-state index in [1.165, 1.54) is 14.7 Å². The maximum atomic E-state index is 13.1. The average Bonchev–Trinajstić information content (AvgIpc) is 2.89. The fraction of sp³-hybridized carbons (Fsp3) is 0.333. The molecular weight excluding hydrogens is 466 g/mol. The van der Waals surface area contributed by atoms with Crippen LogP contribution in [0.4, 0.5) is 0 Å². The zero-order valence-corrected chi connectivity index (χ0v) is 22.7. The molecule has 5 nitrogen and oxygen atoms in total. The van der Waals surface area contributed by atoms with Crippen LogP contribution in [-0.4, -0.2) is 35.2 Å². The van der Waals surface area contributed by atoms with E-state index in [0.717, 1.165) is 0 Å². The molecule has 0 spiro atoms. The van der Waals surface area contributed by atoms with Crippen LogP contribution in [0.25, 0.3) is 0 Å². The van der Waals surface area contributed by atoms with Crippen LogP contribution in [0.1, 0.15) is 34.6 Å². The van der Waals surface area contributed by atoms with Crippen molar-refractivity contribution in [2.75, 3.05) is 6.54 Å². The van der Waals surface area contributed by atoms with Gasteiger partial charge in [-0.3, -0.25) is 9.59 Å². The first-order valence-corrected chi connectivity index (χ1v) is 14.1. The Morgan fingerprint density at radius 3 is 1.50 bits per heavy atom. The van der Waals surface area contributed by atoms with E-state index in [4.69, 9.17) is 5.73 Å². The van der Waals surface area contributed by atoms with E-state index in [1.807, 2.05) is 32.0 Å². The van der Waals surface area contributed by atoms with Crippen molar-refractivity contribution >= 4 is 21.8 Å². The molecular formula is C30H39N3O2S. The van der Waals surface area contributed by atoms with Gasteiger partial charge in [-0.15, -0.1) is 0 Å². The van der Waals surface area contributed by atoms with Crippen molar-refractivity contribution in [1.29, 1.82) is 0 Å². The summed E-state index contributed by atoms with van der Waals surface area (Å²) < 4.78 is -0.370. The summed E-state index contributed by atoms with van der Waals surface area (Å²) in [5.41, 5.74) is 5.96. The van der Waals surface area contributed by atoms with Crippen molar-refractivity contribution in [3.05, 3.63) is 91.0 Å². The maximum Gasteiger partial charge on any atom is 0.242 e. The van der Waals surface area contributed by atoms with Crippen LogP contribution in [0.15, 0.2) is 106 Å². The first-order chi connectivity index (χ1) is 17.1. The number of hydrogen-bond acceptors (Lipinski definition) is 3. The molecule has 6 heteroatoms. The highest BCUT2D eigenvalue weighted by atomic mass is 32.3. The fourth-order valence-corrected chi connectivity index (χ4v) is 9.19. The van der Waals surface area contributed by atoms with Gasteiger partial charge in [0.25, 0.3) is 0 Å². The number of carbonyl (C=O) groups excluding carboxylic acids is 2. The van der Waals surface area contributed by atoms with E-state index in [9.17, 15) is 9.59 Å². The maximum absolute atomic E-state index is 13.1. The number of nitrogens with two attached hydrogens (primary N) is 1. The summed E-state index contributed by atoms with van der Waals surface area (Å²) in [4.78, 5) is 29.2. The second kappa shape index (κ2) is 11.8. The Bertz CT molecular complexity index is 1040. The van der Waals surface area contributed by atoms with Crippen molar-refractivity contribution in [1.82, 2.24) is 10.6 Å². The van der Waals surface area contributed by atoms with Gasteiger partial charge >= 0.3 is 0 Å². The number of nitrogens with one attached hydrogen (secondary N) is 2. The molecule has 0 radical (unpaired) electrons. The molecule has 3 rings (SSSR count). The van der Waals surface area contributed by atoms with E-state index in [0.29, 0.717) is 6.54 Å². The summed E-state index contributed by atoms with van der Waals surface area (Å²) in [6.45, 7) is 10.3. The third-order valence-corrected chi connectivity index (χ3v) is 11.3. The molecule has 2 amide bonds. The zero-order valence-electron chi connectivity index (χ0n) is 21.9. The number of carbonyl (C=O) groups is 2. The predicted molar refractivity (Wildman–Crippen MR) is 149 cm³/mol. The lowest BCUT2D eigenvalue weighted by molar-refractivity contribution is -0.129. The summed E-state index contributed by atoms with van der Waals surface area (Å²) in [7, 11) is -1.80. The molecule has 0 aliphatic rings. The molecule has 0 aliphatic carbocycles. The Kier molecular flexibility index (Phi) is 8.98. The highest BCUT2D eigenvalue weighted by Crippen LogP contribution is 2.75. The van der Waals surface area contributed by atoms with Crippen LogP contribution in [0.3, 0.4) is 0 Å². The molecule has 0 heterocycles. The van der Waals surface area contributed by atoms with Crippen LogP contribution in [-0.2, 0) is 9.59 Å². The molecule has 0 bridgehead atoms. The van der Waals surface area contributed by atoms with Crippen molar-refractivity contribution in [3.63, 3.8) is 0 Å². The van der Waals surface area contributed by atoms with E-state index in [2.05, 4.69) is 97.3 Å². The van der Waals surface area contributed by atoms with Crippen LogP contribution >= 0.6 is 10.0 Å². The van der Waals surface area contributed by atoms with Gasteiger partial charge in [0.05, 0.1) is 6.04 Å². The highest BCUT2D eigenvalue weighted by Gasteiger charge is 2.44. The third-order valence-electron chi connectivity index (χ3n) is 6.58. The van der Waals surface area contributed by atoms with Gasteiger partial charge in [-0.1, -0.05) is 68.4 Å². The summed E-state index contributed by atoms with van der Waals surface area (Å²) >= 11 is 0. The molecule has 4 N–H and O–H groups in total. The smallest absolute Gasteiger partial charge is 0.242 e. The minimum atomic E-state index is -1.80. The molecule has 0 aromatic heterocycles. The lowest BCUT2D eigenvalue weighted by Gasteiger charge is -2.53. The molecule has 2 atom stereocenters. The molecule has 0 saturated carbocycles. The lowest BCUT2D eigenvalue weighted by atomic mass is 10.0. The monoisotopic (exact) mass is 505 g/mol. The molecule has 0 fully saturated rings. The predicted octanol–water partition coefficient (Wildman–Crippen LogP) is 5.35. The van der Waals surface area contributed by atoms with Crippen molar-refractivity contribution in [3.8, 4) is 0 Å². The second-order valence-corrected chi connectivity index (χ2v) is 13.8. The first-order valence-electron chi connectivity index (χ1n) is 12.4. The zero-order chi connectivity index (χ0) is 26.3. The molecule has 0 unspecified atom stereocenters. The van der Waals surface area contributed by atoms with Crippen molar-refractivity contribution < 1.29 is 9.59 Å². The summed E-state index contributed by atoms with van der Waals surface area (Å²) in [6.07, 6.45) is 0. The number of hydrogen-bond donors (Lipinski definition) is 3. The van der Waals surface area contributed by atoms with Gasteiger partial charge in [-0.05, 0) is 77.8 Å². The molecule has 0 saturated heterocycles. The number of benzene rings is 3. The van der Waals surface area contributed by atoms with E-state index < -0.39 is 22.1 Å². The molecule has 36 heavy (non-hydrogen) atoms. The minimum Gasteiger partial charge on any atom is -0.353 e. The Balaban J connectivity index is 1.99. The minimum absolute atomic E-state index is 0.00831. The van der Waals surface area contributed by atoms with Gasteiger partial charge in [0, 0.05) is 11.3 Å². The summed E-state index contributed by atoms with van der Waals surface area (Å²) in [5.74, 6) is -0.550. The molecule has 3 aromatic carbocycles. The van der Waals surface area contributed by atoms with Crippen LogP contribution in [0, 0.1) is 5.92 Å². The van der Waals surface area contributed by atoms with E-state index in [1.54, 1.807) is 6.92 Å². The van der Waals surface area contributed by atoms with Gasteiger partial charge in [0.1, 0.15) is 6.04 Å². The molecule has 0 aliphatic heterocycles. The lowest BCUT2D eigenvalue weighted by Crippen LogP contribution is -2.53. The quantitative estimate of drug-likeness (QED) is 0.347. The Morgan fingerprint density at radius 1 is 0.750 bits per heavy atom. The van der Waals surface area contributed by atoms with Crippen LogP contribution in [0.5, 0.6) is 0 Å². The Labute approximate surface area is 217 Å². The Morgan fingerprint density at radius 2 is 1.14 bits per heavy atom. The van der Waals surface area contributed by atoms with Crippen LogP contribution < -0.4 is 16.4 Å². The molecule has 3 aromatic rings. The van der Waals surface area contributed by atoms with Crippen molar-refractivity contribution in [2.45, 2.75) is 66.1 Å². The van der Waals surface area contributed by atoms with Crippen molar-refractivity contribution in [2.24, 2.45) is 11.7 Å². The summed E-state index contributed by atoms with van der Waals surface area (Å²) in [6, 6.07) is 30.4. The van der Waals surface area contributed by atoms with Gasteiger partial charge in [-0.2, -0.15) is 10.0 Å². The number of amides is 2. The Hall–Kier alpha value is -3.09. The fourth-order valence-electron chi connectivity index (χ4n) is 4.48. The standard InChI is InChI=1S/C30H39N3O2S/c1-22(2)27(31)29(35)33-23(3)28(34)32-21-30(4,5)36(24-15-9-6-10-16-24,25-17-11-7-12-18-25)26-19-13-8-14-20-26/h6-20,22-23,27H,21,31H2,1-5H3,(H,32,34)(H,33,35)/t23-,27-/m0/s1. The normalized spacial score (nSPS) is 14.1. The van der Waals surface area contributed by atoms with Gasteiger partial charge in [0.2, 0.25) is 11.8 Å².